The first-order valence-corrected chi connectivity index (χ1v) is 6.52. The van der Waals surface area contributed by atoms with Crippen molar-refractivity contribution >= 4 is 17.4 Å². The maximum atomic E-state index is 6.06. The molecule has 0 aliphatic carbocycles. The molecule has 2 heterocycles. The molecule has 0 radical (unpaired) electrons. The predicted molar refractivity (Wildman–Crippen MR) is 72.3 cm³/mol. The van der Waals surface area contributed by atoms with Crippen LogP contribution in [0.3, 0.4) is 0 Å². The standard InChI is InChI=1S/C12H19ClN4O/c1-12(4-3-5-14-7-12)8-16-10-9(13)6-15-11(17-10)18-2/h6,14H,3-5,7-8H2,1-2H3,(H,15,16,17). The predicted octanol–water partition coefficient (Wildman–Crippen LogP) is 1.94. The van der Waals surface area contributed by atoms with Crippen molar-refractivity contribution in [3.05, 3.63) is 11.2 Å². The van der Waals surface area contributed by atoms with Gasteiger partial charge in [0.25, 0.3) is 0 Å². The minimum Gasteiger partial charge on any atom is -0.467 e. The molecule has 0 bridgehead atoms. The lowest BCUT2D eigenvalue weighted by molar-refractivity contribution is 0.253. The van der Waals surface area contributed by atoms with Crippen molar-refractivity contribution in [3.8, 4) is 6.01 Å². The van der Waals surface area contributed by atoms with E-state index in [1.807, 2.05) is 0 Å². The number of halogens is 1. The third-order valence-electron chi connectivity index (χ3n) is 3.27. The zero-order valence-corrected chi connectivity index (χ0v) is 11.5. The Hall–Kier alpha value is -1.07. The van der Waals surface area contributed by atoms with Crippen LogP contribution in [-0.2, 0) is 0 Å². The van der Waals surface area contributed by atoms with E-state index >= 15 is 0 Å². The maximum absolute atomic E-state index is 6.06. The van der Waals surface area contributed by atoms with Crippen molar-refractivity contribution in [1.82, 2.24) is 15.3 Å². The minimum absolute atomic E-state index is 0.236. The van der Waals surface area contributed by atoms with Gasteiger partial charge in [0.05, 0.1) is 13.3 Å². The van der Waals surface area contributed by atoms with Gasteiger partial charge in [-0.3, -0.25) is 0 Å². The molecule has 1 aromatic heterocycles. The number of hydrogen-bond donors (Lipinski definition) is 2. The SMILES string of the molecule is COc1ncc(Cl)c(NCC2(C)CCCNC2)n1. The Morgan fingerprint density at radius 2 is 2.44 bits per heavy atom. The molecular weight excluding hydrogens is 252 g/mol. The number of piperidine rings is 1. The Labute approximate surface area is 112 Å². The average molecular weight is 271 g/mol. The Morgan fingerprint density at radius 1 is 1.61 bits per heavy atom. The normalized spacial score (nSPS) is 23.7. The van der Waals surface area contributed by atoms with Gasteiger partial charge in [0.15, 0.2) is 5.82 Å². The summed E-state index contributed by atoms with van der Waals surface area (Å²) in [5, 5.41) is 7.23. The van der Waals surface area contributed by atoms with Crippen molar-refractivity contribution in [1.29, 1.82) is 0 Å². The molecule has 18 heavy (non-hydrogen) atoms. The first kappa shape index (κ1) is 13.4. The first-order valence-electron chi connectivity index (χ1n) is 6.14. The number of methoxy groups -OCH3 is 1. The summed E-state index contributed by atoms with van der Waals surface area (Å²) in [6.07, 6.45) is 3.96. The van der Waals surface area contributed by atoms with Gasteiger partial charge < -0.3 is 15.4 Å². The molecule has 2 N–H and O–H groups in total. The van der Waals surface area contributed by atoms with E-state index in [0.29, 0.717) is 16.9 Å². The lowest BCUT2D eigenvalue weighted by Gasteiger charge is -2.34. The van der Waals surface area contributed by atoms with Gasteiger partial charge in [0.1, 0.15) is 5.02 Å². The molecule has 1 fully saturated rings. The third kappa shape index (κ3) is 3.23. The maximum Gasteiger partial charge on any atom is 0.318 e. The van der Waals surface area contributed by atoms with Crippen molar-refractivity contribution in [2.75, 3.05) is 32.1 Å². The van der Waals surface area contributed by atoms with Crippen molar-refractivity contribution in [2.45, 2.75) is 19.8 Å². The van der Waals surface area contributed by atoms with E-state index in [1.54, 1.807) is 13.3 Å². The summed E-state index contributed by atoms with van der Waals surface area (Å²) in [5.74, 6) is 0.635. The molecule has 1 unspecified atom stereocenters. The highest BCUT2D eigenvalue weighted by Crippen LogP contribution is 2.27. The van der Waals surface area contributed by atoms with E-state index < -0.39 is 0 Å². The lowest BCUT2D eigenvalue weighted by atomic mass is 9.83. The molecule has 0 spiro atoms. The quantitative estimate of drug-likeness (QED) is 0.876. The van der Waals surface area contributed by atoms with Gasteiger partial charge in [-0.25, -0.2) is 4.98 Å². The van der Waals surface area contributed by atoms with Gasteiger partial charge in [-0.2, -0.15) is 4.98 Å². The van der Waals surface area contributed by atoms with Gasteiger partial charge in [-0.1, -0.05) is 18.5 Å². The molecule has 2 rings (SSSR count). The second-order valence-corrected chi connectivity index (χ2v) is 5.40. The second-order valence-electron chi connectivity index (χ2n) is 5.00. The molecule has 100 valence electrons. The molecule has 0 aromatic carbocycles. The van der Waals surface area contributed by atoms with E-state index in [1.165, 1.54) is 12.8 Å². The fraction of sp³-hybridized carbons (Fsp3) is 0.667. The van der Waals surface area contributed by atoms with Crippen LogP contribution in [0.25, 0.3) is 0 Å². The van der Waals surface area contributed by atoms with Crippen LogP contribution in [0, 0.1) is 5.41 Å². The molecule has 0 amide bonds. The molecule has 6 heteroatoms. The van der Waals surface area contributed by atoms with Gasteiger partial charge >= 0.3 is 6.01 Å². The highest BCUT2D eigenvalue weighted by atomic mass is 35.5. The van der Waals surface area contributed by atoms with Gasteiger partial charge in [0, 0.05) is 13.1 Å². The zero-order valence-electron chi connectivity index (χ0n) is 10.8. The van der Waals surface area contributed by atoms with Gasteiger partial charge in [-0.05, 0) is 24.8 Å². The molecule has 1 aliphatic rings. The second kappa shape index (κ2) is 5.71. The van der Waals surface area contributed by atoms with Crippen molar-refractivity contribution in [2.24, 2.45) is 5.41 Å². The number of aromatic nitrogens is 2. The lowest BCUT2D eigenvalue weighted by Crippen LogP contribution is -2.42. The van der Waals surface area contributed by atoms with Crippen LogP contribution in [0.4, 0.5) is 5.82 Å². The van der Waals surface area contributed by atoms with Crippen molar-refractivity contribution < 1.29 is 4.74 Å². The van der Waals surface area contributed by atoms with Crippen LogP contribution in [0.5, 0.6) is 6.01 Å². The van der Waals surface area contributed by atoms with E-state index in [-0.39, 0.29) is 5.41 Å². The average Bonchev–Trinajstić information content (AvgIpc) is 2.39. The van der Waals surface area contributed by atoms with Crippen LogP contribution >= 0.6 is 11.6 Å². The van der Waals surface area contributed by atoms with E-state index in [2.05, 4.69) is 27.5 Å². The highest BCUT2D eigenvalue weighted by Gasteiger charge is 2.26. The van der Waals surface area contributed by atoms with Crippen molar-refractivity contribution in [3.63, 3.8) is 0 Å². The number of anilines is 1. The molecule has 1 saturated heterocycles. The topological polar surface area (TPSA) is 59.1 Å². The number of nitrogens with zero attached hydrogens (tertiary/aromatic N) is 2. The van der Waals surface area contributed by atoms with Crippen LogP contribution in [0.2, 0.25) is 5.02 Å². The summed E-state index contributed by atoms with van der Waals surface area (Å²) in [5.41, 5.74) is 0.236. The highest BCUT2D eigenvalue weighted by molar-refractivity contribution is 6.32. The van der Waals surface area contributed by atoms with Gasteiger partial charge in [-0.15, -0.1) is 0 Å². The van der Waals surface area contributed by atoms with Crippen LogP contribution in [-0.4, -0.2) is 36.7 Å². The molecule has 5 nitrogen and oxygen atoms in total. The summed E-state index contributed by atoms with van der Waals surface area (Å²) in [7, 11) is 1.54. The summed E-state index contributed by atoms with van der Waals surface area (Å²) in [4.78, 5) is 8.16. The van der Waals surface area contributed by atoms with Crippen LogP contribution in [0.15, 0.2) is 6.20 Å². The molecule has 1 aromatic rings. The fourth-order valence-corrected chi connectivity index (χ4v) is 2.30. The fourth-order valence-electron chi connectivity index (χ4n) is 2.14. The number of rotatable bonds is 4. The minimum atomic E-state index is 0.236. The molecule has 0 saturated carbocycles. The smallest absolute Gasteiger partial charge is 0.318 e. The third-order valence-corrected chi connectivity index (χ3v) is 3.55. The van der Waals surface area contributed by atoms with E-state index in [4.69, 9.17) is 16.3 Å². The van der Waals surface area contributed by atoms with Gasteiger partial charge in [0.2, 0.25) is 0 Å². The number of hydrogen-bond acceptors (Lipinski definition) is 5. The number of ether oxygens (including phenoxy) is 1. The summed E-state index contributed by atoms with van der Waals surface area (Å²) < 4.78 is 4.99. The summed E-state index contributed by atoms with van der Waals surface area (Å²) in [6.45, 7) is 5.22. The molecular formula is C12H19ClN4O. The molecule has 1 aliphatic heterocycles. The largest absolute Gasteiger partial charge is 0.467 e. The van der Waals surface area contributed by atoms with Crippen LogP contribution in [0.1, 0.15) is 19.8 Å². The van der Waals surface area contributed by atoms with Crippen LogP contribution < -0.4 is 15.4 Å². The first-order chi connectivity index (χ1) is 8.63. The van der Waals surface area contributed by atoms with E-state index in [0.717, 1.165) is 19.6 Å². The zero-order chi connectivity index (χ0) is 13.0. The Morgan fingerprint density at radius 3 is 3.11 bits per heavy atom. The Kier molecular flexibility index (Phi) is 4.24. The van der Waals surface area contributed by atoms with E-state index in [9.17, 15) is 0 Å². The summed E-state index contributed by atoms with van der Waals surface area (Å²) in [6, 6.07) is 0.328. The summed E-state index contributed by atoms with van der Waals surface area (Å²) >= 11 is 6.06. The molecule has 1 atom stereocenters. The Bertz CT molecular complexity index is 407. The monoisotopic (exact) mass is 270 g/mol. The number of nitrogens with one attached hydrogen (secondary N) is 2. The Balaban J connectivity index is 2.00.